The van der Waals surface area contributed by atoms with Crippen LogP contribution in [-0.4, -0.2) is 249 Å². The van der Waals surface area contributed by atoms with Gasteiger partial charge in [-0.25, -0.2) is 23.2 Å². The molecule has 10 heterocycles. The lowest BCUT2D eigenvalue weighted by atomic mass is 9.92. The maximum Gasteiger partial charge on any atom is 0.322 e. The highest BCUT2D eigenvalue weighted by atomic mass is 35.5. The van der Waals surface area contributed by atoms with Crippen LogP contribution in [0.15, 0.2) is 133 Å². The number of fused-ring (bicyclic) bond motifs is 3. The van der Waals surface area contributed by atoms with Crippen molar-refractivity contribution in [3.05, 3.63) is 183 Å². The van der Waals surface area contributed by atoms with Crippen LogP contribution in [0.2, 0.25) is 5.02 Å². The number of benzene rings is 6. The number of methoxy groups -OCH3 is 1. The highest BCUT2D eigenvalue weighted by molar-refractivity contribution is 8.01. The van der Waals surface area contributed by atoms with Crippen molar-refractivity contribution in [2.45, 2.75) is 195 Å². The second kappa shape index (κ2) is 41.9. The van der Waals surface area contributed by atoms with Crippen LogP contribution in [0, 0.1) is 28.9 Å². The van der Waals surface area contributed by atoms with Crippen molar-refractivity contribution >= 4 is 123 Å². The first-order valence-electron chi connectivity index (χ1n) is 45.0. The molecule has 7 fully saturated rings. The van der Waals surface area contributed by atoms with Crippen LogP contribution in [0.25, 0.3) is 0 Å². The summed E-state index contributed by atoms with van der Waals surface area (Å²) in [6.07, 6.45) is 8.76. The van der Waals surface area contributed by atoms with E-state index >= 15 is 4.39 Å². The minimum Gasteiger partial charge on any atom is -0.496 e. The van der Waals surface area contributed by atoms with Gasteiger partial charge >= 0.3 is 18.1 Å². The van der Waals surface area contributed by atoms with E-state index in [-0.39, 0.29) is 121 Å². The Hall–Kier alpha value is -9.29. The summed E-state index contributed by atoms with van der Waals surface area (Å²) < 4.78 is 35.1. The average Bonchev–Trinajstić information content (AvgIpc) is 1.59. The number of amides is 12. The van der Waals surface area contributed by atoms with E-state index in [9.17, 15) is 47.5 Å². The lowest BCUT2D eigenvalue weighted by molar-refractivity contribution is -0.137. The number of piperazine rings is 1. The molecule has 6 atom stereocenters. The molecule has 6 aromatic rings. The molecular weight excluding hydrogens is 1680 g/mol. The Morgan fingerprint density at radius 3 is 1.36 bits per heavy atom. The monoisotopic (exact) mass is 1800 g/mol. The van der Waals surface area contributed by atoms with Crippen LogP contribution in [0.4, 0.5) is 45.9 Å². The number of likely N-dealkylation sites (tertiary alicyclic amines) is 3. The van der Waals surface area contributed by atoms with E-state index in [4.69, 9.17) is 16.3 Å². The van der Waals surface area contributed by atoms with Gasteiger partial charge < -0.3 is 74.6 Å². The van der Waals surface area contributed by atoms with E-state index in [1.54, 1.807) is 35.9 Å². The molecule has 0 bridgehead atoms. The molecule has 12 amide bonds. The van der Waals surface area contributed by atoms with Gasteiger partial charge in [-0.1, -0.05) is 145 Å². The van der Waals surface area contributed by atoms with Gasteiger partial charge in [0.15, 0.2) is 0 Å². The Balaban J connectivity index is 0.000000174. The summed E-state index contributed by atoms with van der Waals surface area (Å²) in [5.74, 6) is 0.704. The molecule has 6 aromatic carbocycles. The fourth-order valence-electron chi connectivity index (χ4n) is 18.6. The molecule has 24 nitrogen and oxygen atoms in total. The van der Waals surface area contributed by atoms with Crippen LogP contribution in [-0.2, 0) is 48.2 Å². The average molecular weight is 1810 g/mol. The number of nitrogens with zero attached hydrogens (tertiary/aromatic N) is 11. The molecule has 10 aliphatic heterocycles. The Labute approximate surface area is 761 Å². The van der Waals surface area contributed by atoms with Crippen LogP contribution < -0.4 is 25.6 Å². The summed E-state index contributed by atoms with van der Waals surface area (Å²) in [5, 5.41) is 6.86. The van der Waals surface area contributed by atoms with Crippen molar-refractivity contribution in [2.24, 2.45) is 17.3 Å². The quantitative estimate of drug-likeness (QED) is 0.0573. The van der Waals surface area contributed by atoms with E-state index in [0.29, 0.717) is 127 Å². The van der Waals surface area contributed by atoms with Gasteiger partial charge in [-0.2, -0.15) is 0 Å². The van der Waals surface area contributed by atoms with E-state index < -0.39 is 26.9 Å². The number of piperidine rings is 3. The lowest BCUT2D eigenvalue weighted by Crippen LogP contribution is -2.51. The molecule has 0 aliphatic carbocycles. The first kappa shape index (κ1) is 92.9. The van der Waals surface area contributed by atoms with Crippen LogP contribution >= 0.6 is 46.9 Å². The van der Waals surface area contributed by atoms with Crippen molar-refractivity contribution in [3.63, 3.8) is 0 Å². The Morgan fingerprint density at radius 1 is 0.484 bits per heavy atom. The Bertz CT molecular complexity index is 4910. The molecule has 3 N–H and O–H groups in total. The number of carbonyl (C=O) groups excluding carboxylic acids is 9. The summed E-state index contributed by atoms with van der Waals surface area (Å²) >= 11 is 10.8. The van der Waals surface area contributed by atoms with E-state index in [1.807, 2.05) is 136 Å². The molecular formula is C96H127ClF2N14O10S3. The zero-order valence-corrected chi connectivity index (χ0v) is 77.3. The number of hydrogen-bond donors (Lipinski definition) is 3. The number of anilines is 4. The standard InChI is InChI=1S/C36H49FN6O3S.C30H36ClFN4O3S.C30H38N4O4S.2H2/c1-36(2,3)15-19-43-33(45)30(47-34(43)32-27(37)9-7-11-29(32)40-22-20-39(4)21-23-40)24-31(44)41-16-13-26(14-17-41)42-18-12-25-8-5-6-10-28(25)38-35(42)46;1-19(2)9-15-36-28(38)26(40-29(36)23-8-7-21(32)17-24(23)31)18-27(37)34-13-11-22(12-14-34)35-16-10-20-5-3-4-6-25(20)33-30(35)39;1-20(2)12-17-33-28(36)26(39-29(33)23-9-5-7-11-25(23)38-3)18-27(35)32-15-13-22(14-16-32)34-19-21-8-4-6-10-24(21)31-30(34)37;;/h5-11,26,30,34H,12-24H2,1-4H3,(H,38,46);3-8,17,19,22,26,29H,9-16,18H2,1-2H3,(H,33,39);4-11,20,22,26,29H,12-19H2,1-3H3,(H,31,37);2*1H. The summed E-state index contributed by atoms with van der Waals surface area (Å²) in [6, 6.07) is 41.0. The summed E-state index contributed by atoms with van der Waals surface area (Å²) in [4.78, 5) is 142. The van der Waals surface area contributed by atoms with Crippen molar-refractivity contribution in [1.29, 1.82) is 0 Å². The highest BCUT2D eigenvalue weighted by Crippen LogP contribution is 2.52. The molecule has 10 aliphatic rings. The second-order valence-electron chi connectivity index (χ2n) is 36.8. The topological polar surface area (TPSA) is 235 Å². The van der Waals surface area contributed by atoms with Crippen LogP contribution in [0.5, 0.6) is 5.75 Å². The molecule has 30 heteroatoms. The molecule has 680 valence electrons. The van der Waals surface area contributed by atoms with E-state index in [0.717, 1.165) is 122 Å². The van der Waals surface area contributed by atoms with Gasteiger partial charge in [0, 0.05) is 189 Å². The lowest BCUT2D eigenvalue weighted by Gasteiger charge is -2.40. The van der Waals surface area contributed by atoms with Crippen molar-refractivity contribution in [1.82, 2.24) is 49.0 Å². The predicted molar refractivity (Wildman–Crippen MR) is 501 cm³/mol. The largest absolute Gasteiger partial charge is 0.496 e. The van der Waals surface area contributed by atoms with E-state index in [1.165, 1.54) is 41.7 Å². The van der Waals surface area contributed by atoms with Gasteiger partial charge in [0.25, 0.3) is 0 Å². The fourth-order valence-corrected chi connectivity index (χ4v) is 23.5. The maximum absolute atomic E-state index is 15.8. The van der Waals surface area contributed by atoms with E-state index in [2.05, 4.69) is 87.3 Å². The number of rotatable bonds is 22. The number of urea groups is 3. The zero-order chi connectivity index (χ0) is 89.2. The molecule has 0 aromatic heterocycles. The number of thioether (sulfide) groups is 3. The molecule has 6 unspecified atom stereocenters. The normalized spacial score (nSPS) is 22.4. The predicted octanol–water partition coefficient (Wildman–Crippen LogP) is 17.0. The first-order valence-corrected chi connectivity index (χ1v) is 48.2. The van der Waals surface area contributed by atoms with Crippen LogP contribution in [0.1, 0.15) is 178 Å². The third-order valence-corrected chi connectivity index (χ3v) is 30.9. The zero-order valence-electron chi connectivity index (χ0n) is 74.1. The number of para-hydroxylation sites is 4. The van der Waals surface area contributed by atoms with Gasteiger partial charge in [-0.15, -0.1) is 35.3 Å². The summed E-state index contributed by atoms with van der Waals surface area (Å²) in [7, 11) is 3.74. The number of nitrogens with one attached hydrogen (secondary N) is 3. The summed E-state index contributed by atoms with van der Waals surface area (Å²) in [5.41, 5.74) is 9.04. The van der Waals surface area contributed by atoms with Gasteiger partial charge in [-0.3, -0.25) is 28.8 Å². The van der Waals surface area contributed by atoms with Gasteiger partial charge in [0.2, 0.25) is 35.4 Å². The molecule has 0 spiro atoms. The fraction of sp³-hybridized carbons (Fsp3) is 0.531. The molecule has 0 saturated carbocycles. The van der Waals surface area contributed by atoms with Gasteiger partial charge in [0.1, 0.15) is 33.5 Å². The Morgan fingerprint density at radius 2 is 0.897 bits per heavy atom. The SMILES string of the molecule is CC(C)CCN1C(=O)C(CC(=O)N2CCC(N3CCc4ccccc4NC3=O)CC2)SC1c1ccc(F)cc1Cl.CN1CCN(c2cccc(F)c2C2SC(CC(=O)N3CCC(N4CCc5ccccc5NC4=O)CC3)C(=O)N2CCC(C)(C)C)CC1.COc1ccccc1C1SC(CC(=O)N2CCC(N3Cc4ccccc4NC3=O)CC2)C(=O)N1CCC(C)C.[HH].[HH]. The Kier molecular flexibility index (Phi) is 30.9. The number of halogens is 3. The number of ether oxygens (including phenoxy) is 1. The molecule has 0 radical (unpaired) electrons. The number of carbonyl (C=O) groups is 9. The van der Waals surface area contributed by atoms with Crippen LogP contribution in [0.3, 0.4) is 0 Å². The number of hydrogen-bond acceptors (Lipinski definition) is 15. The third-order valence-electron chi connectivity index (χ3n) is 26.2. The highest BCUT2D eigenvalue weighted by Gasteiger charge is 2.49. The third kappa shape index (κ3) is 22.3. The summed E-state index contributed by atoms with van der Waals surface area (Å²) in [6.45, 7) is 25.3. The second-order valence-corrected chi connectivity index (χ2v) is 41.1. The molecule has 126 heavy (non-hydrogen) atoms. The van der Waals surface area contributed by atoms with Gasteiger partial charge in [0.05, 0.1) is 22.9 Å². The number of likely N-dealkylation sites (N-methyl/N-ethyl adjacent to an activating group) is 1. The smallest absolute Gasteiger partial charge is 0.322 e. The molecule has 7 saturated heterocycles. The van der Waals surface area contributed by atoms with Gasteiger partial charge in [-0.05, 0) is 160 Å². The van der Waals surface area contributed by atoms with Crippen molar-refractivity contribution in [2.75, 3.05) is 133 Å². The van der Waals surface area contributed by atoms with Crippen molar-refractivity contribution < 1.29 is 59.5 Å². The minimum absolute atomic E-state index is 0. The minimum atomic E-state index is -0.569. The maximum atomic E-state index is 15.8. The van der Waals surface area contributed by atoms with Crippen molar-refractivity contribution in [3.8, 4) is 5.75 Å². The first-order chi connectivity index (χ1) is 60.5. The molecule has 16 rings (SSSR count).